The van der Waals surface area contributed by atoms with Crippen LogP contribution in [0.3, 0.4) is 0 Å². The van der Waals surface area contributed by atoms with Gasteiger partial charge in [0.1, 0.15) is 6.07 Å². The minimum Gasteiger partial charge on any atom is -0.367 e. The molecule has 1 N–H and O–H groups in total. The molecule has 7 heteroatoms. The van der Waals surface area contributed by atoms with Crippen molar-refractivity contribution in [3.63, 3.8) is 0 Å². The van der Waals surface area contributed by atoms with Crippen LogP contribution in [0, 0.1) is 11.3 Å². The standard InChI is InChI=1S/C16H16N4O3/c1-10(21)11-2-3-12(7-17)14(6-11)19-4-5-20-13(9-19)8-18-15(22)16(20)23/h2-3,6,13H,4-5,8-9H2,1H3,(H,18,22). The van der Waals surface area contributed by atoms with E-state index in [-0.39, 0.29) is 11.8 Å². The molecule has 1 aromatic rings. The highest BCUT2D eigenvalue weighted by atomic mass is 16.2. The molecule has 0 aromatic heterocycles. The third-order valence-corrected chi connectivity index (χ3v) is 4.30. The zero-order valence-electron chi connectivity index (χ0n) is 12.7. The molecule has 118 valence electrons. The average Bonchev–Trinajstić information content (AvgIpc) is 2.57. The van der Waals surface area contributed by atoms with Gasteiger partial charge in [0.25, 0.3) is 0 Å². The van der Waals surface area contributed by atoms with E-state index in [4.69, 9.17) is 0 Å². The summed E-state index contributed by atoms with van der Waals surface area (Å²) in [6, 6.07) is 7.03. The van der Waals surface area contributed by atoms with Gasteiger partial charge in [-0.3, -0.25) is 14.4 Å². The number of carbonyl (C=O) groups is 3. The Bertz CT molecular complexity index is 737. The minimum atomic E-state index is -0.564. The molecule has 7 nitrogen and oxygen atoms in total. The second kappa shape index (κ2) is 5.72. The Morgan fingerprint density at radius 3 is 2.83 bits per heavy atom. The lowest BCUT2D eigenvalue weighted by molar-refractivity contribution is -0.150. The number of nitriles is 1. The second-order valence-electron chi connectivity index (χ2n) is 5.71. The van der Waals surface area contributed by atoms with Gasteiger partial charge in [-0.25, -0.2) is 0 Å². The van der Waals surface area contributed by atoms with Crippen molar-refractivity contribution >= 4 is 23.3 Å². The number of rotatable bonds is 2. The summed E-state index contributed by atoms with van der Waals surface area (Å²) >= 11 is 0. The Kier molecular flexibility index (Phi) is 3.74. The van der Waals surface area contributed by atoms with Crippen LogP contribution in [0.25, 0.3) is 0 Å². The molecule has 1 aromatic carbocycles. The number of piperazine rings is 2. The summed E-state index contributed by atoms with van der Waals surface area (Å²) < 4.78 is 0. The van der Waals surface area contributed by atoms with Crippen LogP contribution in [0.1, 0.15) is 22.8 Å². The summed E-state index contributed by atoms with van der Waals surface area (Å²) in [6.07, 6.45) is 0. The topological polar surface area (TPSA) is 93.5 Å². The van der Waals surface area contributed by atoms with E-state index in [0.717, 1.165) is 0 Å². The lowest BCUT2D eigenvalue weighted by Crippen LogP contribution is -2.65. The Balaban J connectivity index is 1.88. The van der Waals surface area contributed by atoms with Crippen LogP contribution in [0.4, 0.5) is 5.69 Å². The van der Waals surface area contributed by atoms with Crippen molar-refractivity contribution < 1.29 is 14.4 Å². The molecule has 23 heavy (non-hydrogen) atoms. The second-order valence-corrected chi connectivity index (χ2v) is 5.71. The number of benzene rings is 1. The highest BCUT2D eigenvalue weighted by molar-refractivity contribution is 6.35. The maximum atomic E-state index is 11.9. The number of amides is 2. The molecule has 2 aliphatic rings. The summed E-state index contributed by atoms with van der Waals surface area (Å²) in [5, 5.41) is 11.9. The van der Waals surface area contributed by atoms with Crippen molar-refractivity contribution in [2.75, 3.05) is 31.1 Å². The van der Waals surface area contributed by atoms with E-state index in [1.54, 1.807) is 23.1 Å². The van der Waals surface area contributed by atoms with Gasteiger partial charge in [-0.15, -0.1) is 0 Å². The van der Waals surface area contributed by atoms with Crippen LogP contribution in [-0.2, 0) is 9.59 Å². The van der Waals surface area contributed by atoms with Crippen molar-refractivity contribution in [3.8, 4) is 6.07 Å². The third-order valence-electron chi connectivity index (χ3n) is 4.30. The fourth-order valence-electron chi connectivity index (χ4n) is 3.04. The molecule has 2 saturated heterocycles. The first-order chi connectivity index (χ1) is 11.0. The molecule has 2 aliphatic heterocycles. The van der Waals surface area contributed by atoms with Crippen LogP contribution >= 0.6 is 0 Å². The fourth-order valence-corrected chi connectivity index (χ4v) is 3.04. The van der Waals surface area contributed by atoms with Gasteiger partial charge in [-0.05, 0) is 25.1 Å². The van der Waals surface area contributed by atoms with Gasteiger partial charge in [0.15, 0.2) is 5.78 Å². The van der Waals surface area contributed by atoms with Gasteiger partial charge in [-0.2, -0.15) is 5.26 Å². The molecule has 2 fully saturated rings. The van der Waals surface area contributed by atoms with E-state index < -0.39 is 11.8 Å². The van der Waals surface area contributed by atoms with Gasteiger partial charge in [0.05, 0.1) is 17.3 Å². The minimum absolute atomic E-state index is 0.0607. The van der Waals surface area contributed by atoms with Crippen molar-refractivity contribution in [2.45, 2.75) is 13.0 Å². The number of hydrogen-bond donors (Lipinski definition) is 1. The first-order valence-corrected chi connectivity index (χ1v) is 7.40. The summed E-state index contributed by atoms with van der Waals surface area (Å²) in [7, 11) is 0. The molecule has 0 saturated carbocycles. The van der Waals surface area contributed by atoms with Crippen LogP contribution in [0.15, 0.2) is 18.2 Å². The number of carbonyl (C=O) groups excluding carboxylic acids is 3. The Morgan fingerprint density at radius 1 is 1.35 bits per heavy atom. The van der Waals surface area contributed by atoms with E-state index in [1.807, 2.05) is 4.90 Å². The molecule has 1 unspecified atom stereocenters. The third kappa shape index (κ3) is 2.63. The van der Waals surface area contributed by atoms with Gasteiger partial charge < -0.3 is 15.1 Å². The van der Waals surface area contributed by atoms with Gasteiger partial charge in [0, 0.05) is 31.7 Å². The number of ketones is 1. The number of fused-ring (bicyclic) bond motifs is 1. The number of hydrogen-bond acceptors (Lipinski definition) is 5. The lowest BCUT2D eigenvalue weighted by atomic mass is 10.0. The molecule has 0 aliphatic carbocycles. The van der Waals surface area contributed by atoms with Crippen LogP contribution in [0.5, 0.6) is 0 Å². The predicted octanol–water partition coefficient (Wildman–Crippen LogP) is -0.0921. The van der Waals surface area contributed by atoms with Crippen LogP contribution < -0.4 is 10.2 Å². The molecular weight excluding hydrogens is 296 g/mol. The first-order valence-electron chi connectivity index (χ1n) is 7.40. The Morgan fingerprint density at radius 2 is 2.13 bits per heavy atom. The number of anilines is 1. The van der Waals surface area contributed by atoms with Crippen molar-refractivity contribution in [1.82, 2.24) is 10.2 Å². The number of nitrogens with one attached hydrogen (secondary N) is 1. The van der Waals surface area contributed by atoms with Crippen LogP contribution in [-0.4, -0.2) is 54.7 Å². The molecule has 2 heterocycles. The fraction of sp³-hybridized carbons (Fsp3) is 0.375. The predicted molar refractivity (Wildman–Crippen MR) is 81.9 cm³/mol. The Hall–Kier alpha value is -2.88. The van der Waals surface area contributed by atoms with E-state index in [1.165, 1.54) is 6.92 Å². The van der Waals surface area contributed by atoms with Crippen molar-refractivity contribution in [3.05, 3.63) is 29.3 Å². The quantitative estimate of drug-likeness (QED) is 0.608. The Labute approximate surface area is 133 Å². The van der Waals surface area contributed by atoms with E-state index >= 15 is 0 Å². The zero-order chi connectivity index (χ0) is 16.6. The SMILES string of the molecule is CC(=O)c1ccc(C#N)c(N2CCN3C(=O)C(=O)NCC3C2)c1. The first kappa shape index (κ1) is 15.0. The van der Waals surface area contributed by atoms with Crippen molar-refractivity contribution in [2.24, 2.45) is 0 Å². The van der Waals surface area contributed by atoms with E-state index in [0.29, 0.717) is 43.0 Å². The molecule has 1 atom stereocenters. The summed E-state index contributed by atoms with van der Waals surface area (Å²) in [6.45, 7) is 3.34. The van der Waals surface area contributed by atoms with E-state index in [9.17, 15) is 19.6 Å². The van der Waals surface area contributed by atoms with Crippen molar-refractivity contribution in [1.29, 1.82) is 5.26 Å². The normalized spacial score (nSPS) is 20.6. The lowest BCUT2D eigenvalue weighted by Gasteiger charge is -2.44. The molecule has 2 amide bonds. The number of nitrogens with zero attached hydrogens (tertiary/aromatic N) is 3. The molecule has 0 spiro atoms. The maximum Gasteiger partial charge on any atom is 0.312 e. The maximum absolute atomic E-state index is 11.9. The van der Waals surface area contributed by atoms with E-state index in [2.05, 4.69) is 11.4 Å². The van der Waals surface area contributed by atoms with Crippen LogP contribution in [0.2, 0.25) is 0 Å². The summed E-state index contributed by atoms with van der Waals surface area (Å²) in [5.74, 6) is -1.13. The molecule has 0 radical (unpaired) electrons. The largest absolute Gasteiger partial charge is 0.367 e. The monoisotopic (exact) mass is 312 g/mol. The number of Topliss-reactive ketones (excluding diaryl/α,β-unsaturated/α-hetero) is 1. The molecule has 0 bridgehead atoms. The highest BCUT2D eigenvalue weighted by Gasteiger charge is 2.38. The van der Waals surface area contributed by atoms with Gasteiger partial charge in [0.2, 0.25) is 0 Å². The summed E-state index contributed by atoms with van der Waals surface area (Å²) in [5.41, 5.74) is 1.74. The molecular formula is C16H16N4O3. The highest BCUT2D eigenvalue weighted by Crippen LogP contribution is 2.25. The summed E-state index contributed by atoms with van der Waals surface area (Å²) in [4.78, 5) is 38.5. The van der Waals surface area contributed by atoms with Gasteiger partial charge >= 0.3 is 11.8 Å². The smallest absolute Gasteiger partial charge is 0.312 e. The zero-order valence-corrected chi connectivity index (χ0v) is 12.7. The van der Waals surface area contributed by atoms with Gasteiger partial charge in [-0.1, -0.05) is 0 Å². The molecule has 3 rings (SSSR count). The average molecular weight is 312 g/mol.